The van der Waals surface area contributed by atoms with E-state index in [0.29, 0.717) is 18.2 Å². The molecule has 1 amide bonds. The van der Waals surface area contributed by atoms with Gasteiger partial charge in [0.2, 0.25) is 5.91 Å². The number of fused-ring (bicyclic) bond motifs is 2. The van der Waals surface area contributed by atoms with Crippen LogP contribution in [0.1, 0.15) is 25.3 Å². The fourth-order valence-electron chi connectivity index (χ4n) is 3.96. The average molecular weight is 446 g/mol. The van der Waals surface area contributed by atoms with E-state index in [1.54, 1.807) is 24.0 Å². The van der Waals surface area contributed by atoms with Crippen molar-refractivity contribution in [3.8, 4) is 0 Å². The molecular formula is C27H24ClNO3. The Balaban J connectivity index is 1.76. The molecule has 4 aromatic carbocycles. The zero-order valence-corrected chi connectivity index (χ0v) is 18.6. The number of ether oxygens (including phenoxy) is 1. The minimum absolute atomic E-state index is 0.0487. The van der Waals surface area contributed by atoms with Crippen LogP contribution >= 0.6 is 11.6 Å². The van der Waals surface area contributed by atoms with Gasteiger partial charge in [0.15, 0.2) is 0 Å². The van der Waals surface area contributed by atoms with Crippen LogP contribution in [0.25, 0.3) is 21.5 Å². The molecule has 4 nitrogen and oxygen atoms in total. The van der Waals surface area contributed by atoms with Crippen molar-refractivity contribution in [1.29, 1.82) is 0 Å². The van der Waals surface area contributed by atoms with Gasteiger partial charge in [-0.25, -0.2) is 0 Å². The maximum atomic E-state index is 13.3. The largest absolute Gasteiger partial charge is 0.466 e. The number of anilines is 1. The Morgan fingerprint density at radius 2 is 1.44 bits per heavy atom. The smallest absolute Gasteiger partial charge is 0.306 e. The first-order valence-electron chi connectivity index (χ1n) is 10.7. The molecule has 0 fully saturated rings. The molecule has 0 atom stereocenters. The van der Waals surface area contributed by atoms with Gasteiger partial charge in [-0.3, -0.25) is 9.59 Å². The molecule has 0 bridgehead atoms. The van der Waals surface area contributed by atoms with Gasteiger partial charge in [-0.1, -0.05) is 60.1 Å². The maximum absolute atomic E-state index is 13.3. The lowest BCUT2D eigenvalue weighted by atomic mass is 9.96. The molecule has 0 N–H and O–H groups in total. The van der Waals surface area contributed by atoms with Crippen molar-refractivity contribution in [2.75, 3.05) is 11.5 Å². The van der Waals surface area contributed by atoms with Gasteiger partial charge in [-0.2, -0.15) is 0 Å². The molecule has 0 aliphatic heterocycles. The molecule has 0 radical (unpaired) electrons. The second kappa shape index (κ2) is 9.84. The summed E-state index contributed by atoms with van der Waals surface area (Å²) in [6.45, 7) is 2.44. The van der Waals surface area contributed by atoms with Gasteiger partial charge in [-0.05, 0) is 64.4 Å². The highest BCUT2D eigenvalue weighted by Gasteiger charge is 2.20. The highest BCUT2D eigenvalue weighted by Crippen LogP contribution is 2.31. The third-order valence-corrected chi connectivity index (χ3v) is 5.74. The fourth-order valence-corrected chi connectivity index (χ4v) is 4.08. The van der Waals surface area contributed by atoms with E-state index in [9.17, 15) is 9.59 Å². The standard InChI is InChI=1S/C27H24ClNO3/c1-2-32-27(31)16-15-26(30)29(22-13-11-21(28)12-14-22)18-25-23-9-5-3-7-19(23)17-20-8-4-6-10-24(20)25/h3-14,17H,2,15-16,18H2,1H3. The van der Waals surface area contributed by atoms with Crippen LogP contribution in [0, 0.1) is 0 Å². The highest BCUT2D eigenvalue weighted by atomic mass is 35.5. The Hall–Kier alpha value is -3.37. The molecule has 5 heteroatoms. The number of nitrogens with zero attached hydrogens (tertiary/aromatic N) is 1. The number of rotatable bonds is 7. The van der Waals surface area contributed by atoms with Crippen molar-refractivity contribution in [2.45, 2.75) is 26.3 Å². The Bertz CT molecular complexity index is 1210. The maximum Gasteiger partial charge on any atom is 0.306 e. The SMILES string of the molecule is CCOC(=O)CCC(=O)N(Cc1c2ccccc2cc2ccccc12)c1ccc(Cl)cc1. The molecule has 0 heterocycles. The number of esters is 1. The van der Waals surface area contributed by atoms with Gasteiger partial charge >= 0.3 is 5.97 Å². The van der Waals surface area contributed by atoms with Gasteiger partial charge in [0, 0.05) is 17.1 Å². The molecule has 0 saturated heterocycles. The number of benzene rings is 4. The van der Waals surface area contributed by atoms with Gasteiger partial charge < -0.3 is 9.64 Å². The van der Waals surface area contributed by atoms with Crippen LogP contribution in [0.3, 0.4) is 0 Å². The predicted octanol–water partition coefficient (Wildman–Crippen LogP) is 6.52. The van der Waals surface area contributed by atoms with Crippen molar-refractivity contribution in [3.63, 3.8) is 0 Å². The normalized spacial score (nSPS) is 10.9. The van der Waals surface area contributed by atoms with Crippen molar-refractivity contribution in [2.24, 2.45) is 0 Å². The van der Waals surface area contributed by atoms with Crippen LogP contribution in [-0.2, 0) is 20.9 Å². The van der Waals surface area contributed by atoms with Gasteiger partial charge in [0.05, 0.1) is 19.6 Å². The molecule has 4 aromatic rings. The highest BCUT2D eigenvalue weighted by molar-refractivity contribution is 6.30. The summed E-state index contributed by atoms with van der Waals surface area (Å²) in [5.74, 6) is -0.509. The number of carbonyl (C=O) groups excluding carboxylic acids is 2. The number of halogens is 1. The number of hydrogen-bond donors (Lipinski definition) is 0. The van der Waals surface area contributed by atoms with Crippen molar-refractivity contribution in [1.82, 2.24) is 0 Å². The van der Waals surface area contributed by atoms with Crippen LogP contribution in [0.2, 0.25) is 5.02 Å². The van der Waals surface area contributed by atoms with Crippen LogP contribution in [0.15, 0.2) is 78.9 Å². The lowest BCUT2D eigenvalue weighted by molar-refractivity contribution is -0.144. The number of carbonyl (C=O) groups is 2. The van der Waals surface area contributed by atoms with E-state index >= 15 is 0 Å². The summed E-state index contributed by atoms with van der Waals surface area (Å²) in [6.07, 6.45) is 0.122. The van der Waals surface area contributed by atoms with Gasteiger partial charge in [0.1, 0.15) is 0 Å². The third kappa shape index (κ3) is 4.76. The van der Waals surface area contributed by atoms with Gasteiger partial charge in [0.25, 0.3) is 0 Å². The Morgan fingerprint density at radius 3 is 2.03 bits per heavy atom. The molecular weight excluding hydrogens is 422 g/mol. The average Bonchev–Trinajstić information content (AvgIpc) is 2.81. The van der Waals surface area contributed by atoms with Crippen LogP contribution in [-0.4, -0.2) is 18.5 Å². The molecule has 32 heavy (non-hydrogen) atoms. The minimum Gasteiger partial charge on any atom is -0.466 e. The Morgan fingerprint density at radius 1 is 0.844 bits per heavy atom. The van der Waals surface area contributed by atoms with E-state index in [-0.39, 0.29) is 24.7 Å². The summed E-state index contributed by atoms with van der Waals surface area (Å²) < 4.78 is 5.00. The molecule has 0 aromatic heterocycles. The molecule has 162 valence electrons. The first-order chi connectivity index (χ1) is 15.6. The van der Waals surface area contributed by atoms with E-state index in [1.165, 1.54) is 0 Å². The van der Waals surface area contributed by atoms with Crippen molar-refractivity contribution in [3.05, 3.63) is 89.4 Å². The van der Waals surface area contributed by atoms with E-state index in [2.05, 4.69) is 30.3 Å². The van der Waals surface area contributed by atoms with Crippen LogP contribution < -0.4 is 4.90 Å². The minimum atomic E-state index is -0.368. The first-order valence-corrected chi connectivity index (χ1v) is 11.1. The topological polar surface area (TPSA) is 46.6 Å². The van der Waals surface area contributed by atoms with Crippen LogP contribution in [0.5, 0.6) is 0 Å². The van der Waals surface area contributed by atoms with E-state index < -0.39 is 0 Å². The summed E-state index contributed by atoms with van der Waals surface area (Å²) >= 11 is 6.09. The number of hydrogen-bond acceptors (Lipinski definition) is 3. The second-order valence-corrected chi connectivity index (χ2v) is 8.00. The summed E-state index contributed by atoms with van der Waals surface area (Å²) in [4.78, 5) is 26.9. The Labute approximate surface area is 192 Å². The zero-order chi connectivity index (χ0) is 22.5. The summed E-state index contributed by atoms with van der Waals surface area (Å²) in [6, 6.07) is 25.8. The molecule has 0 unspecified atom stereocenters. The van der Waals surface area contributed by atoms with Gasteiger partial charge in [-0.15, -0.1) is 0 Å². The molecule has 0 aliphatic rings. The van der Waals surface area contributed by atoms with E-state index in [1.807, 2.05) is 36.4 Å². The second-order valence-electron chi connectivity index (χ2n) is 7.56. The van der Waals surface area contributed by atoms with Crippen LogP contribution in [0.4, 0.5) is 5.69 Å². The quantitative estimate of drug-likeness (QED) is 0.240. The van der Waals surface area contributed by atoms with E-state index in [0.717, 1.165) is 32.8 Å². The first kappa shape index (κ1) is 21.8. The lowest BCUT2D eigenvalue weighted by Gasteiger charge is -2.25. The predicted molar refractivity (Wildman–Crippen MR) is 130 cm³/mol. The Kier molecular flexibility index (Phi) is 6.72. The summed E-state index contributed by atoms with van der Waals surface area (Å²) in [5.41, 5.74) is 1.80. The van der Waals surface area contributed by atoms with Crippen molar-refractivity contribution >= 4 is 50.7 Å². The monoisotopic (exact) mass is 445 g/mol. The lowest BCUT2D eigenvalue weighted by Crippen LogP contribution is -2.31. The van der Waals surface area contributed by atoms with E-state index in [4.69, 9.17) is 16.3 Å². The molecule has 0 aliphatic carbocycles. The zero-order valence-electron chi connectivity index (χ0n) is 17.9. The molecule has 0 spiro atoms. The number of amides is 1. The summed E-state index contributed by atoms with van der Waals surface area (Å²) in [7, 11) is 0. The van der Waals surface area contributed by atoms with Crippen molar-refractivity contribution < 1.29 is 14.3 Å². The molecule has 4 rings (SSSR count). The third-order valence-electron chi connectivity index (χ3n) is 5.49. The molecule has 0 saturated carbocycles. The summed E-state index contributed by atoms with van der Waals surface area (Å²) in [5, 5.41) is 5.04. The fraction of sp³-hybridized carbons (Fsp3) is 0.185.